The minimum Gasteiger partial charge on any atom is -0.379 e. The Morgan fingerprint density at radius 1 is 1.22 bits per heavy atom. The first-order valence-electron chi connectivity index (χ1n) is 9.39. The SMILES string of the molecule is CCc1cccc(NC(N)=NCC(c2ccc(F)cc2)N2CCOCC2)c1. The summed E-state index contributed by atoms with van der Waals surface area (Å²) in [6.07, 6.45) is 0.968. The minimum absolute atomic E-state index is 0.0387. The number of nitrogens with zero attached hydrogens (tertiary/aromatic N) is 2. The molecule has 1 aliphatic rings. The van der Waals surface area contributed by atoms with Crippen molar-refractivity contribution >= 4 is 11.6 Å². The number of anilines is 1. The van der Waals surface area contributed by atoms with Crippen LogP contribution in [0.3, 0.4) is 0 Å². The van der Waals surface area contributed by atoms with Crippen LogP contribution in [0.15, 0.2) is 53.5 Å². The Labute approximate surface area is 160 Å². The molecule has 0 aromatic heterocycles. The molecule has 0 amide bonds. The third-order valence-corrected chi connectivity index (χ3v) is 4.78. The van der Waals surface area contributed by atoms with Crippen LogP contribution in [0.1, 0.15) is 24.1 Å². The topological polar surface area (TPSA) is 62.9 Å². The zero-order chi connectivity index (χ0) is 19.1. The lowest BCUT2D eigenvalue weighted by Crippen LogP contribution is -2.40. The molecule has 1 atom stereocenters. The van der Waals surface area contributed by atoms with Crippen molar-refractivity contribution in [1.29, 1.82) is 0 Å². The Kier molecular flexibility index (Phi) is 6.79. The highest BCUT2D eigenvalue weighted by Gasteiger charge is 2.22. The van der Waals surface area contributed by atoms with Gasteiger partial charge in [0.2, 0.25) is 0 Å². The molecule has 3 N–H and O–H groups in total. The number of hydrogen-bond donors (Lipinski definition) is 2. The quantitative estimate of drug-likeness (QED) is 0.606. The van der Waals surface area contributed by atoms with Crippen molar-refractivity contribution in [2.75, 3.05) is 38.2 Å². The van der Waals surface area contributed by atoms with Gasteiger partial charge in [0.25, 0.3) is 0 Å². The van der Waals surface area contributed by atoms with Crippen LogP contribution in [-0.4, -0.2) is 43.7 Å². The highest BCUT2D eigenvalue weighted by atomic mass is 19.1. The fourth-order valence-electron chi connectivity index (χ4n) is 3.25. The first kappa shape index (κ1) is 19.3. The van der Waals surface area contributed by atoms with Gasteiger partial charge in [0.15, 0.2) is 5.96 Å². The minimum atomic E-state index is -0.236. The number of halogens is 1. The van der Waals surface area contributed by atoms with Gasteiger partial charge in [0, 0.05) is 18.8 Å². The van der Waals surface area contributed by atoms with E-state index in [-0.39, 0.29) is 11.9 Å². The van der Waals surface area contributed by atoms with Crippen molar-refractivity contribution in [3.05, 3.63) is 65.5 Å². The molecule has 1 aliphatic heterocycles. The molecule has 1 heterocycles. The Hall–Kier alpha value is -2.44. The van der Waals surface area contributed by atoms with Crippen LogP contribution in [-0.2, 0) is 11.2 Å². The average Bonchev–Trinajstić information content (AvgIpc) is 2.70. The summed E-state index contributed by atoms with van der Waals surface area (Å²) < 4.78 is 18.8. The molecule has 1 fully saturated rings. The molecule has 1 saturated heterocycles. The highest BCUT2D eigenvalue weighted by Crippen LogP contribution is 2.23. The number of aryl methyl sites for hydroxylation is 1. The van der Waals surface area contributed by atoms with Gasteiger partial charge in [-0.3, -0.25) is 9.89 Å². The molecule has 6 heteroatoms. The smallest absolute Gasteiger partial charge is 0.193 e. The molecule has 0 radical (unpaired) electrons. The van der Waals surface area contributed by atoms with Crippen molar-refractivity contribution in [3.8, 4) is 0 Å². The van der Waals surface area contributed by atoms with Crippen molar-refractivity contribution < 1.29 is 9.13 Å². The second-order valence-corrected chi connectivity index (χ2v) is 6.62. The van der Waals surface area contributed by atoms with Crippen LogP contribution in [0, 0.1) is 5.82 Å². The summed E-state index contributed by atoms with van der Waals surface area (Å²) >= 11 is 0. The molecule has 2 aromatic rings. The average molecular weight is 370 g/mol. The van der Waals surface area contributed by atoms with Crippen molar-refractivity contribution in [2.45, 2.75) is 19.4 Å². The summed E-state index contributed by atoms with van der Waals surface area (Å²) in [5, 5.41) is 3.16. The van der Waals surface area contributed by atoms with Crippen LogP contribution in [0.5, 0.6) is 0 Å². The van der Waals surface area contributed by atoms with E-state index in [0.717, 1.165) is 30.8 Å². The lowest BCUT2D eigenvalue weighted by atomic mass is 10.0. The molecule has 0 spiro atoms. The number of nitrogens with two attached hydrogens (primary N) is 1. The lowest BCUT2D eigenvalue weighted by Gasteiger charge is -2.34. The number of rotatable bonds is 6. The first-order valence-corrected chi connectivity index (χ1v) is 9.39. The van der Waals surface area contributed by atoms with Gasteiger partial charge in [0.05, 0.1) is 25.8 Å². The molecule has 3 rings (SSSR count). The molecule has 2 aromatic carbocycles. The summed E-state index contributed by atoms with van der Waals surface area (Å²) in [5.41, 5.74) is 9.32. The van der Waals surface area contributed by atoms with E-state index in [1.54, 1.807) is 0 Å². The summed E-state index contributed by atoms with van der Waals surface area (Å²) in [5.74, 6) is 0.142. The summed E-state index contributed by atoms with van der Waals surface area (Å²) in [6.45, 7) is 5.65. The molecule has 27 heavy (non-hydrogen) atoms. The first-order chi connectivity index (χ1) is 13.2. The normalized spacial score (nSPS) is 16.9. The maximum absolute atomic E-state index is 13.3. The summed E-state index contributed by atoms with van der Waals surface area (Å²) in [6, 6.07) is 14.8. The van der Waals surface area contributed by atoms with Gasteiger partial charge >= 0.3 is 0 Å². The van der Waals surface area contributed by atoms with Crippen LogP contribution >= 0.6 is 0 Å². The Bertz CT molecular complexity index is 757. The van der Waals surface area contributed by atoms with Gasteiger partial charge in [-0.05, 0) is 41.8 Å². The Morgan fingerprint density at radius 2 is 1.96 bits per heavy atom. The second-order valence-electron chi connectivity index (χ2n) is 6.62. The van der Waals surface area contributed by atoms with E-state index in [1.807, 2.05) is 24.3 Å². The number of morpholine rings is 1. The van der Waals surface area contributed by atoms with Crippen LogP contribution in [0.25, 0.3) is 0 Å². The maximum Gasteiger partial charge on any atom is 0.193 e. The van der Waals surface area contributed by atoms with Crippen molar-refractivity contribution in [3.63, 3.8) is 0 Å². The molecule has 144 valence electrons. The van der Waals surface area contributed by atoms with E-state index < -0.39 is 0 Å². The fourth-order valence-corrected chi connectivity index (χ4v) is 3.25. The van der Waals surface area contributed by atoms with E-state index in [4.69, 9.17) is 10.5 Å². The van der Waals surface area contributed by atoms with Crippen LogP contribution in [0.2, 0.25) is 0 Å². The van der Waals surface area contributed by atoms with Gasteiger partial charge in [0.1, 0.15) is 5.82 Å². The van der Waals surface area contributed by atoms with Gasteiger partial charge in [-0.25, -0.2) is 4.39 Å². The van der Waals surface area contributed by atoms with E-state index in [9.17, 15) is 4.39 Å². The monoisotopic (exact) mass is 370 g/mol. The molecular formula is C21H27FN4O. The predicted octanol–water partition coefficient (Wildman–Crippen LogP) is 3.19. The van der Waals surface area contributed by atoms with Gasteiger partial charge < -0.3 is 15.8 Å². The Morgan fingerprint density at radius 3 is 2.67 bits per heavy atom. The molecule has 0 saturated carbocycles. The van der Waals surface area contributed by atoms with Gasteiger partial charge in [-0.15, -0.1) is 0 Å². The number of hydrogen-bond acceptors (Lipinski definition) is 3. The second kappa shape index (κ2) is 9.48. The lowest BCUT2D eigenvalue weighted by molar-refractivity contribution is 0.0180. The molecular weight excluding hydrogens is 343 g/mol. The van der Waals surface area contributed by atoms with Crippen molar-refractivity contribution in [2.24, 2.45) is 10.7 Å². The van der Waals surface area contributed by atoms with E-state index in [1.165, 1.54) is 17.7 Å². The number of ether oxygens (including phenoxy) is 1. The summed E-state index contributed by atoms with van der Waals surface area (Å²) in [4.78, 5) is 6.87. The number of nitrogens with one attached hydrogen (secondary N) is 1. The number of aliphatic imine (C=N–C) groups is 1. The standard InChI is InChI=1S/C21H27FN4O/c1-2-16-4-3-5-19(14-16)25-21(23)24-15-20(26-10-12-27-13-11-26)17-6-8-18(22)9-7-17/h3-9,14,20H,2,10-13,15H2,1H3,(H3,23,24,25). The molecule has 1 unspecified atom stereocenters. The van der Waals surface area contributed by atoms with E-state index in [0.29, 0.717) is 25.7 Å². The van der Waals surface area contributed by atoms with Crippen LogP contribution in [0.4, 0.5) is 10.1 Å². The van der Waals surface area contributed by atoms with E-state index in [2.05, 4.69) is 34.3 Å². The Balaban J connectivity index is 1.72. The molecule has 5 nitrogen and oxygen atoms in total. The van der Waals surface area contributed by atoms with Crippen molar-refractivity contribution in [1.82, 2.24) is 4.90 Å². The van der Waals surface area contributed by atoms with Gasteiger partial charge in [-0.2, -0.15) is 0 Å². The number of benzene rings is 2. The maximum atomic E-state index is 13.3. The van der Waals surface area contributed by atoms with Gasteiger partial charge in [-0.1, -0.05) is 31.2 Å². The third kappa shape index (κ3) is 5.52. The summed E-state index contributed by atoms with van der Waals surface area (Å²) in [7, 11) is 0. The van der Waals surface area contributed by atoms with Crippen LogP contribution < -0.4 is 11.1 Å². The third-order valence-electron chi connectivity index (χ3n) is 4.78. The zero-order valence-corrected chi connectivity index (χ0v) is 15.7. The molecule has 0 aliphatic carbocycles. The molecule has 0 bridgehead atoms. The van der Waals surface area contributed by atoms with E-state index >= 15 is 0 Å². The fraction of sp³-hybridized carbons (Fsp3) is 0.381. The largest absolute Gasteiger partial charge is 0.379 e. The predicted molar refractivity (Wildman–Crippen MR) is 107 cm³/mol. The number of guanidine groups is 1. The highest BCUT2D eigenvalue weighted by molar-refractivity contribution is 5.92. The zero-order valence-electron chi connectivity index (χ0n) is 15.7.